The summed E-state index contributed by atoms with van der Waals surface area (Å²) in [6.45, 7) is 1.95. The summed E-state index contributed by atoms with van der Waals surface area (Å²) in [6, 6.07) is 8.58. The van der Waals surface area contributed by atoms with E-state index in [9.17, 15) is 9.59 Å². The first-order valence-corrected chi connectivity index (χ1v) is 7.30. The second-order valence-corrected chi connectivity index (χ2v) is 5.61. The molecule has 1 fully saturated rings. The highest BCUT2D eigenvalue weighted by Crippen LogP contribution is 2.18. The summed E-state index contributed by atoms with van der Waals surface area (Å²) < 4.78 is 0. The molecule has 2 rings (SSSR count). The van der Waals surface area contributed by atoms with Crippen molar-refractivity contribution in [3.05, 3.63) is 29.8 Å². The van der Waals surface area contributed by atoms with Crippen molar-refractivity contribution >= 4 is 17.5 Å². The minimum atomic E-state index is -0.430. The maximum atomic E-state index is 12.2. The fourth-order valence-electron chi connectivity index (χ4n) is 1.94. The van der Waals surface area contributed by atoms with Gasteiger partial charge >= 0.3 is 0 Å². The topological polar surface area (TPSA) is 85.2 Å². The number of rotatable bonds is 6. The molecule has 1 saturated carbocycles. The smallest absolute Gasteiger partial charge is 0.241 e. The molecule has 1 atom stereocenters. The number of likely N-dealkylation sites (N-methyl/N-ethyl adjacent to an activating group) is 1. The zero-order chi connectivity index (χ0) is 16.1. The highest BCUT2D eigenvalue weighted by atomic mass is 16.2. The van der Waals surface area contributed by atoms with Gasteiger partial charge in [0, 0.05) is 11.7 Å². The molecule has 0 heterocycles. The lowest BCUT2D eigenvalue weighted by atomic mass is 10.2. The van der Waals surface area contributed by atoms with Gasteiger partial charge in [-0.25, -0.2) is 0 Å². The second kappa shape index (κ2) is 7.05. The molecule has 22 heavy (non-hydrogen) atoms. The number of hydrogen-bond acceptors (Lipinski definition) is 4. The van der Waals surface area contributed by atoms with Crippen LogP contribution in [0.25, 0.3) is 0 Å². The predicted octanol–water partition coefficient (Wildman–Crippen LogP) is 1.10. The van der Waals surface area contributed by atoms with Crippen molar-refractivity contribution in [1.29, 1.82) is 5.26 Å². The van der Waals surface area contributed by atoms with Gasteiger partial charge in [0.1, 0.15) is 0 Å². The Labute approximate surface area is 130 Å². The Balaban J connectivity index is 1.84. The number of nitriles is 1. The van der Waals surface area contributed by atoms with E-state index in [1.165, 1.54) is 0 Å². The van der Waals surface area contributed by atoms with Gasteiger partial charge in [0.15, 0.2) is 0 Å². The molecule has 0 aliphatic heterocycles. The van der Waals surface area contributed by atoms with E-state index in [1.54, 1.807) is 43.1 Å². The molecule has 1 aliphatic carbocycles. The molecule has 2 amide bonds. The number of nitrogens with zero attached hydrogens (tertiary/aromatic N) is 2. The standard InChI is InChI=1S/C16H20N4O2/c1-11(20(2)10-15(21)18-13-7-8-13)16(22)19-14-5-3-12(9-17)4-6-14/h3-6,11,13H,7-8,10H2,1-2H3,(H,18,21)(H,19,22)/t11-/m0/s1. The van der Waals surface area contributed by atoms with Gasteiger partial charge < -0.3 is 10.6 Å². The molecule has 1 aromatic carbocycles. The first kappa shape index (κ1) is 16.0. The van der Waals surface area contributed by atoms with Gasteiger partial charge in [-0.2, -0.15) is 5.26 Å². The zero-order valence-corrected chi connectivity index (χ0v) is 12.8. The van der Waals surface area contributed by atoms with Crippen LogP contribution in [0.5, 0.6) is 0 Å². The fourth-order valence-corrected chi connectivity index (χ4v) is 1.94. The summed E-state index contributed by atoms with van der Waals surface area (Å²) in [5.41, 5.74) is 1.17. The van der Waals surface area contributed by atoms with E-state index in [4.69, 9.17) is 5.26 Å². The number of carbonyl (C=O) groups excluding carboxylic acids is 2. The number of benzene rings is 1. The summed E-state index contributed by atoms with van der Waals surface area (Å²) >= 11 is 0. The van der Waals surface area contributed by atoms with Crippen molar-refractivity contribution < 1.29 is 9.59 Å². The lowest BCUT2D eigenvalue weighted by Crippen LogP contribution is -2.45. The van der Waals surface area contributed by atoms with E-state index in [0.717, 1.165) is 12.8 Å². The molecule has 6 heteroatoms. The van der Waals surface area contributed by atoms with E-state index in [-0.39, 0.29) is 18.4 Å². The monoisotopic (exact) mass is 300 g/mol. The summed E-state index contributed by atoms with van der Waals surface area (Å²) in [5.74, 6) is -0.241. The van der Waals surface area contributed by atoms with Gasteiger partial charge in [-0.1, -0.05) is 0 Å². The van der Waals surface area contributed by atoms with E-state index in [2.05, 4.69) is 10.6 Å². The average molecular weight is 300 g/mol. The second-order valence-electron chi connectivity index (χ2n) is 5.61. The van der Waals surface area contributed by atoms with Crippen LogP contribution in [0.2, 0.25) is 0 Å². The number of carbonyl (C=O) groups is 2. The molecule has 2 N–H and O–H groups in total. The van der Waals surface area contributed by atoms with Crippen LogP contribution in [-0.2, 0) is 9.59 Å². The van der Waals surface area contributed by atoms with E-state index in [0.29, 0.717) is 17.3 Å². The number of hydrogen-bond donors (Lipinski definition) is 2. The zero-order valence-electron chi connectivity index (χ0n) is 12.8. The Hall–Kier alpha value is -2.39. The Morgan fingerprint density at radius 1 is 1.36 bits per heavy atom. The summed E-state index contributed by atoms with van der Waals surface area (Å²) in [7, 11) is 1.75. The van der Waals surface area contributed by atoms with Crippen molar-refractivity contribution in [2.75, 3.05) is 18.9 Å². The van der Waals surface area contributed by atoms with Gasteiger partial charge in [-0.3, -0.25) is 14.5 Å². The molecule has 1 aliphatic rings. The fraction of sp³-hybridized carbons (Fsp3) is 0.438. The molecule has 0 spiro atoms. The quantitative estimate of drug-likeness (QED) is 0.823. The van der Waals surface area contributed by atoms with Crippen LogP contribution >= 0.6 is 0 Å². The highest BCUT2D eigenvalue weighted by molar-refractivity contribution is 5.95. The van der Waals surface area contributed by atoms with E-state index < -0.39 is 6.04 Å². The van der Waals surface area contributed by atoms with Crippen LogP contribution < -0.4 is 10.6 Å². The normalized spacial score (nSPS) is 15.0. The molecule has 0 aromatic heterocycles. The lowest BCUT2D eigenvalue weighted by Gasteiger charge is -2.23. The van der Waals surface area contributed by atoms with Crippen molar-refractivity contribution in [3.8, 4) is 6.07 Å². The maximum Gasteiger partial charge on any atom is 0.241 e. The molecule has 6 nitrogen and oxygen atoms in total. The molecule has 0 radical (unpaired) electrons. The highest BCUT2D eigenvalue weighted by Gasteiger charge is 2.25. The molecule has 1 aromatic rings. The summed E-state index contributed by atoms with van der Waals surface area (Å²) in [5, 5.41) is 14.4. The number of nitrogens with one attached hydrogen (secondary N) is 2. The van der Waals surface area contributed by atoms with Gasteiger partial charge in [-0.05, 0) is 51.1 Å². The van der Waals surface area contributed by atoms with Crippen LogP contribution in [0.1, 0.15) is 25.3 Å². The molecule has 0 saturated heterocycles. The van der Waals surface area contributed by atoms with Gasteiger partial charge in [-0.15, -0.1) is 0 Å². The third-order valence-electron chi connectivity index (χ3n) is 3.66. The maximum absolute atomic E-state index is 12.2. The first-order valence-electron chi connectivity index (χ1n) is 7.30. The number of anilines is 1. The largest absolute Gasteiger partial charge is 0.352 e. The van der Waals surface area contributed by atoms with Gasteiger partial charge in [0.2, 0.25) is 11.8 Å². The summed E-state index contributed by atoms with van der Waals surface area (Å²) in [6.07, 6.45) is 2.09. The molecule has 0 bridgehead atoms. The Kier molecular flexibility index (Phi) is 5.12. The Morgan fingerprint density at radius 2 is 2.00 bits per heavy atom. The van der Waals surface area contributed by atoms with Gasteiger partial charge in [0.25, 0.3) is 0 Å². The van der Waals surface area contributed by atoms with Crippen LogP contribution in [0.15, 0.2) is 24.3 Å². The van der Waals surface area contributed by atoms with Crippen LogP contribution in [0.3, 0.4) is 0 Å². The van der Waals surface area contributed by atoms with Crippen LogP contribution in [0, 0.1) is 11.3 Å². The minimum absolute atomic E-state index is 0.0528. The van der Waals surface area contributed by atoms with Crippen molar-refractivity contribution in [1.82, 2.24) is 10.2 Å². The van der Waals surface area contributed by atoms with E-state index >= 15 is 0 Å². The predicted molar refractivity (Wildman–Crippen MR) is 83.0 cm³/mol. The van der Waals surface area contributed by atoms with Crippen molar-refractivity contribution in [2.24, 2.45) is 0 Å². The first-order chi connectivity index (χ1) is 10.5. The third kappa shape index (κ3) is 4.57. The van der Waals surface area contributed by atoms with Crippen LogP contribution in [-0.4, -0.2) is 42.4 Å². The van der Waals surface area contributed by atoms with Crippen molar-refractivity contribution in [2.45, 2.75) is 31.8 Å². The minimum Gasteiger partial charge on any atom is -0.352 e. The van der Waals surface area contributed by atoms with E-state index in [1.807, 2.05) is 6.07 Å². The molecule has 0 unspecified atom stereocenters. The van der Waals surface area contributed by atoms with Crippen LogP contribution in [0.4, 0.5) is 5.69 Å². The Bertz CT molecular complexity index is 587. The lowest BCUT2D eigenvalue weighted by molar-refractivity contribution is -0.124. The SMILES string of the molecule is C[C@@H](C(=O)Nc1ccc(C#N)cc1)N(C)CC(=O)NC1CC1. The third-order valence-corrected chi connectivity index (χ3v) is 3.66. The van der Waals surface area contributed by atoms with Gasteiger partial charge in [0.05, 0.1) is 24.2 Å². The Morgan fingerprint density at radius 3 is 2.55 bits per heavy atom. The molecular weight excluding hydrogens is 280 g/mol. The van der Waals surface area contributed by atoms with Crippen molar-refractivity contribution in [3.63, 3.8) is 0 Å². The molecule has 116 valence electrons. The molecular formula is C16H20N4O2. The number of amides is 2. The average Bonchev–Trinajstić information content (AvgIpc) is 3.30. The summed E-state index contributed by atoms with van der Waals surface area (Å²) in [4.78, 5) is 25.6.